The van der Waals surface area contributed by atoms with Crippen LogP contribution in [0.25, 0.3) is 0 Å². The second kappa shape index (κ2) is 5.04. The molecule has 3 nitrogen and oxygen atoms in total. The summed E-state index contributed by atoms with van der Waals surface area (Å²) in [6, 6.07) is 7.26. The van der Waals surface area contributed by atoms with Crippen LogP contribution in [0.2, 0.25) is 0 Å². The molecule has 106 valence electrons. The second-order valence-electron chi connectivity index (χ2n) is 6.66. The first kappa shape index (κ1) is 14.2. The Kier molecular flexibility index (Phi) is 3.77. The summed E-state index contributed by atoms with van der Waals surface area (Å²) in [5.41, 5.74) is 2.69. The van der Waals surface area contributed by atoms with Gasteiger partial charge in [-0.05, 0) is 37.2 Å². The quantitative estimate of drug-likeness (QED) is 0.833. The molecule has 0 N–H and O–H groups in total. The lowest BCUT2D eigenvalue weighted by Gasteiger charge is -2.44. The van der Waals surface area contributed by atoms with E-state index in [1.54, 1.807) is 7.11 Å². The van der Waals surface area contributed by atoms with Crippen molar-refractivity contribution in [3.8, 4) is 5.75 Å². The molecule has 3 heteroatoms. The van der Waals surface area contributed by atoms with E-state index in [0.29, 0.717) is 6.04 Å². The average molecular weight is 262 g/mol. The van der Waals surface area contributed by atoms with Crippen molar-refractivity contribution >= 4 is 5.69 Å². The van der Waals surface area contributed by atoms with Gasteiger partial charge in [0.15, 0.2) is 0 Å². The van der Waals surface area contributed by atoms with Crippen LogP contribution in [0.3, 0.4) is 0 Å². The van der Waals surface area contributed by atoms with Gasteiger partial charge in [-0.25, -0.2) is 0 Å². The van der Waals surface area contributed by atoms with E-state index in [9.17, 15) is 0 Å². The maximum absolute atomic E-state index is 5.58. The van der Waals surface area contributed by atoms with E-state index in [4.69, 9.17) is 4.74 Å². The van der Waals surface area contributed by atoms with Crippen LogP contribution < -0.4 is 9.64 Å². The number of nitrogens with zero attached hydrogens (tertiary/aromatic N) is 2. The summed E-state index contributed by atoms with van der Waals surface area (Å²) >= 11 is 0. The zero-order valence-electron chi connectivity index (χ0n) is 13.0. The second-order valence-corrected chi connectivity index (χ2v) is 6.66. The van der Waals surface area contributed by atoms with Gasteiger partial charge in [0.05, 0.1) is 12.8 Å². The summed E-state index contributed by atoms with van der Waals surface area (Å²) < 4.78 is 5.58. The molecule has 1 aliphatic heterocycles. The molecule has 0 spiro atoms. The molecular weight excluding hydrogens is 236 g/mol. The normalized spacial score (nSPS) is 16.7. The third-order valence-electron chi connectivity index (χ3n) is 3.98. The van der Waals surface area contributed by atoms with Gasteiger partial charge < -0.3 is 14.5 Å². The Bertz CT molecular complexity index is 443. The Hall–Kier alpha value is -1.22. The van der Waals surface area contributed by atoms with Crippen LogP contribution in [0.15, 0.2) is 18.2 Å². The number of methoxy groups -OCH3 is 1. The Morgan fingerprint density at radius 1 is 1.21 bits per heavy atom. The lowest BCUT2D eigenvalue weighted by Crippen LogP contribution is -2.57. The van der Waals surface area contributed by atoms with Crippen LogP contribution in [-0.2, 0) is 5.41 Å². The largest absolute Gasteiger partial charge is 0.495 e. The topological polar surface area (TPSA) is 15.7 Å². The van der Waals surface area contributed by atoms with Gasteiger partial charge in [0.1, 0.15) is 5.75 Å². The molecule has 2 rings (SSSR count). The van der Waals surface area contributed by atoms with Crippen molar-refractivity contribution in [1.29, 1.82) is 0 Å². The molecule has 1 aromatic rings. The Labute approximate surface area is 117 Å². The van der Waals surface area contributed by atoms with Crippen molar-refractivity contribution in [2.75, 3.05) is 39.2 Å². The minimum Gasteiger partial charge on any atom is -0.495 e. The maximum atomic E-state index is 5.58. The molecule has 0 bridgehead atoms. The third kappa shape index (κ3) is 2.86. The predicted molar refractivity (Wildman–Crippen MR) is 81.4 cm³/mol. The molecular formula is C16H26N2O. The number of anilines is 1. The predicted octanol–water partition coefficient (Wildman–Crippen LogP) is 2.74. The zero-order valence-corrected chi connectivity index (χ0v) is 13.0. The van der Waals surface area contributed by atoms with Crippen LogP contribution in [0, 0.1) is 0 Å². The van der Waals surface area contributed by atoms with Gasteiger partial charge in [0, 0.05) is 19.1 Å². The van der Waals surface area contributed by atoms with Crippen molar-refractivity contribution in [1.82, 2.24) is 4.90 Å². The van der Waals surface area contributed by atoms with Gasteiger partial charge in [0.2, 0.25) is 0 Å². The van der Waals surface area contributed by atoms with E-state index < -0.39 is 0 Å². The van der Waals surface area contributed by atoms with Crippen molar-refractivity contribution < 1.29 is 4.74 Å². The van der Waals surface area contributed by atoms with E-state index in [0.717, 1.165) is 18.8 Å². The summed E-state index contributed by atoms with van der Waals surface area (Å²) in [4.78, 5) is 4.67. The Balaban J connectivity index is 2.19. The minimum absolute atomic E-state index is 0.160. The van der Waals surface area contributed by atoms with Gasteiger partial charge in [-0.2, -0.15) is 0 Å². The molecule has 0 unspecified atom stereocenters. The molecule has 1 saturated heterocycles. The van der Waals surface area contributed by atoms with Crippen LogP contribution in [0.1, 0.15) is 26.3 Å². The van der Waals surface area contributed by atoms with Gasteiger partial charge in [-0.15, -0.1) is 0 Å². The van der Waals surface area contributed by atoms with E-state index in [1.165, 1.54) is 11.3 Å². The first-order valence-electron chi connectivity index (χ1n) is 6.93. The minimum atomic E-state index is 0.160. The van der Waals surface area contributed by atoms with Crippen LogP contribution in [0.4, 0.5) is 5.69 Å². The van der Waals surface area contributed by atoms with E-state index >= 15 is 0 Å². The highest BCUT2D eigenvalue weighted by Crippen LogP contribution is 2.36. The number of benzene rings is 1. The smallest absolute Gasteiger partial charge is 0.142 e. The molecule has 0 atom stereocenters. The summed E-state index contributed by atoms with van der Waals surface area (Å²) in [5, 5.41) is 0. The fourth-order valence-corrected chi connectivity index (χ4v) is 2.38. The fourth-order valence-electron chi connectivity index (χ4n) is 2.38. The van der Waals surface area contributed by atoms with Crippen molar-refractivity contribution in [2.45, 2.75) is 32.2 Å². The Morgan fingerprint density at radius 3 is 2.32 bits per heavy atom. The average Bonchev–Trinajstić information content (AvgIpc) is 2.25. The summed E-state index contributed by atoms with van der Waals surface area (Å²) in [6.45, 7) is 8.85. The van der Waals surface area contributed by atoms with E-state index in [-0.39, 0.29) is 5.41 Å². The molecule has 1 fully saturated rings. The van der Waals surface area contributed by atoms with Crippen molar-refractivity contribution in [3.63, 3.8) is 0 Å². The van der Waals surface area contributed by atoms with Gasteiger partial charge in [0.25, 0.3) is 0 Å². The molecule has 0 aliphatic carbocycles. The number of ether oxygens (including phenoxy) is 1. The first-order valence-corrected chi connectivity index (χ1v) is 6.93. The van der Waals surface area contributed by atoms with Crippen LogP contribution in [-0.4, -0.2) is 45.2 Å². The lowest BCUT2D eigenvalue weighted by atomic mass is 9.86. The monoisotopic (exact) mass is 262 g/mol. The molecule has 0 radical (unpaired) electrons. The van der Waals surface area contributed by atoms with E-state index in [2.05, 4.69) is 62.9 Å². The number of hydrogen-bond acceptors (Lipinski definition) is 3. The maximum Gasteiger partial charge on any atom is 0.142 e. The third-order valence-corrected chi connectivity index (χ3v) is 3.98. The van der Waals surface area contributed by atoms with Crippen LogP contribution in [0.5, 0.6) is 5.75 Å². The molecule has 0 aromatic heterocycles. The molecule has 0 amide bonds. The van der Waals surface area contributed by atoms with Gasteiger partial charge in [-0.1, -0.05) is 26.8 Å². The first-order chi connectivity index (χ1) is 8.82. The molecule has 1 aliphatic rings. The molecule has 1 aromatic carbocycles. The van der Waals surface area contributed by atoms with Crippen molar-refractivity contribution in [3.05, 3.63) is 23.8 Å². The summed E-state index contributed by atoms with van der Waals surface area (Å²) in [5.74, 6) is 0.990. The standard InChI is InChI=1S/C16H26N2O/c1-16(2,3)12-7-8-14(15(9-12)19-6)18-10-13(11-18)17(4)5/h7-9,13H,10-11H2,1-6H3. The van der Waals surface area contributed by atoms with Crippen LogP contribution >= 0.6 is 0 Å². The molecule has 19 heavy (non-hydrogen) atoms. The highest BCUT2D eigenvalue weighted by Gasteiger charge is 2.30. The summed E-state index contributed by atoms with van der Waals surface area (Å²) in [6.07, 6.45) is 0. The van der Waals surface area contributed by atoms with Crippen molar-refractivity contribution in [2.24, 2.45) is 0 Å². The fraction of sp³-hybridized carbons (Fsp3) is 0.625. The highest BCUT2D eigenvalue weighted by atomic mass is 16.5. The lowest BCUT2D eigenvalue weighted by molar-refractivity contribution is 0.245. The van der Waals surface area contributed by atoms with Gasteiger partial charge in [-0.3, -0.25) is 0 Å². The molecule has 1 heterocycles. The highest BCUT2D eigenvalue weighted by molar-refractivity contribution is 5.62. The van der Waals surface area contributed by atoms with E-state index in [1.807, 2.05) is 0 Å². The van der Waals surface area contributed by atoms with Gasteiger partial charge >= 0.3 is 0 Å². The number of likely N-dealkylation sites (N-methyl/N-ethyl adjacent to an activating group) is 1. The SMILES string of the molecule is COc1cc(C(C)(C)C)ccc1N1CC(N(C)C)C1. The number of hydrogen-bond donors (Lipinski definition) is 0. The summed E-state index contributed by atoms with van der Waals surface area (Å²) in [7, 11) is 6.04. The zero-order chi connectivity index (χ0) is 14.2. The number of rotatable bonds is 3. The molecule has 0 saturated carbocycles. The Morgan fingerprint density at radius 2 is 1.84 bits per heavy atom.